The number of hydrogen-bond donors (Lipinski definition) is 2. The monoisotopic (exact) mass is 744 g/mol. The highest BCUT2D eigenvalue weighted by atomic mass is 35.5. The van der Waals surface area contributed by atoms with Crippen molar-refractivity contribution in [3.8, 4) is 11.5 Å². The molecule has 0 aliphatic heterocycles. The summed E-state index contributed by atoms with van der Waals surface area (Å²) in [7, 11) is 0. The molecule has 0 fully saturated rings. The highest BCUT2D eigenvalue weighted by Crippen LogP contribution is 2.29. The Hall–Kier alpha value is -4.04. The SMILES string of the molecule is CCCN(CCC)C(=O)c1cc(C(=O)O[C@H](CNCc2cccc(C(F)(F)F)c2)[C@@H](N)Cc2cc(F)cc(F)c2)cc(-c2ncco2)c1.Cl.Cl. The molecule has 4 aromatic rings. The van der Waals surface area contributed by atoms with Crippen LogP contribution in [0.25, 0.3) is 11.5 Å². The quantitative estimate of drug-likeness (QED) is 0.0952. The summed E-state index contributed by atoms with van der Waals surface area (Å²) < 4.78 is 78.8. The molecule has 0 saturated heterocycles. The molecule has 0 spiro atoms. The minimum absolute atomic E-state index is 0. The second-order valence-electron chi connectivity index (χ2n) is 11.3. The predicted octanol–water partition coefficient (Wildman–Crippen LogP) is 7.63. The average molecular weight is 746 g/mol. The van der Waals surface area contributed by atoms with Gasteiger partial charge in [-0.2, -0.15) is 13.2 Å². The van der Waals surface area contributed by atoms with Gasteiger partial charge in [0, 0.05) is 49.4 Å². The highest BCUT2D eigenvalue weighted by molar-refractivity contribution is 5.99. The number of carbonyl (C=O) groups is 2. The topological polar surface area (TPSA) is 111 Å². The van der Waals surface area contributed by atoms with Gasteiger partial charge < -0.3 is 25.1 Å². The normalized spacial score (nSPS) is 12.3. The van der Waals surface area contributed by atoms with Crippen molar-refractivity contribution in [1.82, 2.24) is 15.2 Å². The third-order valence-electron chi connectivity index (χ3n) is 7.43. The number of rotatable bonds is 15. The van der Waals surface area contributed by atoms with Crippen molar-refractivity contribution >= 4 is 36.7 Å². The van der Waals surface area contributed by atoms with Crippen molar-refractivity contribution in [3.63, 3.8) is 0 Å². The van der Waals surface area contributed by atoms with Gasteiger partial charge in [0.1, 0.15) is 24.0 Å². The Morgan fingerprint density at radius 2 is 1.60 bits per heavy atom. The molecule has 1 aromatic heterocycles. The van der Waals surface area contributed by atoms with E-state index in [1.807, 2.05) is 13.8 Å². The lowest BCUT2D eigenvalue weighted by Crippen LogP contribution is -2.46. The molecular weight excluding hydrogens is 706 g/mol. The smallest absolute Gasteiger partial charge is 0.416 e. The van der Waals surface area contributed by atoms with E-state index in [9.17, 15) is 31.5 Å². The van der Waals surface area contributed by atoms with Crippen molar-refractivity contribution in [2.45, 2.75) is 58.0 Å². The minimum atomic E-state index is -4.53. The van der Waals surface area contributed by atoms with Crippen LogP contribution >= 0.6 is 24.8 Å². The predicted molar refractivity (Wildman–Crippen MR) is 183 cm³/mol. The van der Waals surface area contributed by atoms with E-state index in [1.165, 1.54) is 36.7 Å². The van der Waals surface area contributed by atoms with Crippen LogP contribution in [0.15, 0.2) is 77.5 Å². The van der Waals surface area contributed by atoms with Crippen LogP contribution in [0.4, 0.5) is 22.0 Å². The van der Waals surface area contributed by atoms with Gasteiger partial charge in [-0.1, -0.05) is 32.0 Å². The van der Waals surface area contributed by atoms with Crippen molar-refractivity contribution in [1.29, 1.82) is 0 Å². The lowest BCUT2D eigenvalue weighted by Gasteiger charge is -2.25. The van der Waals surface area contributed by atoms with Crippen LogP contribution < -0.4 is 11.1 Å². The van der Waals surface area contributed by atoms with Crippen molar-refractivity contribution in [3.05, 3.63) is 113 Å². The van der Waals surface area contributed by atoms with E-state index in [0.29, 0.717) is 30.3 Å². The Morgan fingerprint density at radius 1 is 0.940 bits per heavy atom. The number of oxazole rings is 1. The molecule has 1 amide bonds. The van der Waals surface area contributed by atoms with E-state index in [-0.39, 0.29) is 72.8 Å². The highest BCUT2D eigenvalue weighted by Gasteiger charge is 2.30. The number of ether oxygens (including phenoxy) is 1. The Bertz CT molecular complexity index is 1670. The molecule has 3 aromatic carbocycles. The van der Waals surface area contributed by atoms with Crippen LogP contribution in [-0.4, -0.2) is 53.5 Å². The lowest BCUT2D eigenvalue weighted by molar-refractivity contribution is -0.137. The summed E-state index contributed by atoms with van der Waals surface area (Å²) in [5.41, 5.74) is 6.70. The number of nitrogens with zero attached hydrogens (tertiary/aromatic N) is 2. The summed E-state index contributed by atoms with van der Waals surface area (Å²) in [6.07, 6.45) is -1.52. The maximum absolute atomic E-state index is 13.9. The maximum Gasteiger partial charge on any atom is 0.416 e. The van der Waals surface area contributed by atoms with Crippen molar-refractivity contribution in [2.75, 3.05) is 19.6 Å². The Balaban J connectivity index is 0.00000433. The van der Waals surface area contributed by atoms with Crippen LogP contribution in [0.2, 0.25) is 0 Å². The molecule has 1 heterocycles. The molecule has 4 rings (SSSR count). The largest absolute Gasteiger partial charge is 0.456 e. The first-order valence-corrected chi connectivity index (χ1v) is 15.5. The number of aromatic nitrogens is 1. The molecule has 0 radical (unpaired) electrons. The fourth-order valence-corrected chi connectivity index (χ4v) is 5.23. The van der Waals surface area contributed by atoms with E-state index in [2.05, 4.69) is 10.3 Å². The minimum Gasteiger partial charge on any atom is -0.456 e. The number of esters is 1. The van der Waals surface area contributed by atoms with Crippen LogP contribution in [0.3, 0.4) is 0 Å². The number of carbonyl (C=O) groups excluding carboxylic acids is 2. The van der Waals surface area contributed by atoms with Crippen LogP contribution in [0, 0.1) is 11.6 Å². The molecule has 8 nitrogen and oxygen atoms in total. The first kappa shape index (κ1) is 42.1. The number of alkyl halides is 3. The van der Waals surface area contributed by atoms with Gasteiger partial charge in [-0.25, -0.2) is 18.6 Å². The van der Waals surface area contributed by atoms with Gasteiger partial charge in [0.15, 0.2) is 0 Å². The second-order valence-corrected chi connectivity index (χ2v) is 11.3. The molecule has 3 N–H and O–H groups in total. The van der Waals surface area contributed by atoms with Gasteiger partial charge in [-0.05, 0) is 66.8 Å². The molecule has 2 atom stereocenters. The standard InChI is InChI=1S/C35H37F5N4O4.2ClH/c1-3-9-44(10-4-2)33(45)25-16-24(32-43-8-11-47-32)17-26(18-25)34(46)48-31(30(41)15-23-13-28(36)19-29(37)14-23)21-42-20-22-6-5-7-27(12-22)35(38,39)40;;/h5-8,11-14,16-19,30-31,42H,3-4,9-10,15,20-21,41H2,1-2H3;2*1H/t30-,31+;;/m0../s1. The zero-order valence-corrected chi connectivity index (χ0v) is 29.0. The number of nitrogens with one attached hydrogen (secondary N) is 1. The third kappa shape index (κ3) is 11.8. The fourth-order valence-electron chi connectivity index (χ4n) is 5.23. The van der Waals surface area contributed by atoms with E-state index in [4.69, 9.17) is 14.9 Å². The van der Waals surface area contributed by atoms with Crippen molar-refractivity contribution in [2.24, 2.45) is 5.73 Å². The molecule has 0 aliphatic rings. The van der Waals surface area contributed by atoms with Crippen molar-refractivity contribution < 1.29 is 40.7 Å². The molecule has 0 aliphatic carbocycles. The fraction of sp³-hybridized carbons (Fsp3) is 0.343. The lowest BCUT2D eigenvalue weighted by atomic mass is 10.0. The van der Waals surface area contributed by atoms with Crippen LogP contribution in [0.5, 0.6) is 0 Å². The van der Waals surface area contributed by atoms with Gasteiger partial charge in [0.05, 0.1) is 17.3 Å². The van der Waals surface area contributed by atoms with E-state index in [0.717, 1.165) is 37.1 Å². The van der Waals surface area contributed by atoms with E-state index < -0.39 is 41.5 Å². The molecule has 0 unspecified atom stereocenters. The molecular formula is C35H39Cl2F5N4O4. The van der Waals surface area contributed by atoms with E-state index in [1.54, 1.807) is 11.0 Å². The Kier molecular flexibility index (Phi) is 16.3. The van der Waals surface area contributed by atoms with Gasteiger partial charge in [0.25, 0.3) is 5.91 Å². The first-order chi connectivity index (χ1) is 22.9. The second kappa shape index (κ2) is 19.4. The number of halogens is 7. The van der Waals surface area contributed by atoms with Gasteiger partial charge in [-0.3, -0.25) is 4.79 Å². The summed E-state index contributed by atoms with van der Waals surface area (Å²) in [4.78, 5) is 33.1. The number of amides is 1. The summed E-state index contributed by atoms with van der Waals surface area (Å²) in [6.45, 7) is 4.76. The third-order valence-corrected chi connectivity index (χ3v) is 7.43. The number of nitrogens with two attached hydrogens (primary N) is 1. The first-order valence-electron chi connectivity index (χ1n) is 15.5. The van der Waals surface area contributed by atoms with E-state index >= 15 is 0 Å². The Labute approximate surface area is 299 Å². The molecule has 50 heavy (non-hydrogen) atoms. The number of benzene rings is 3. The zero-order chi connectivity index (χ0) is 34.8. The summed E-state index contributed by atoms with van der Waals surface area (Å²) >= 11 is 0. The molecule has 0 bridgehead atoms. The van der Waals surface area contributed by atoms with Crippen LogP contribution in [-0.2, 0) is 23.9 Å². The maximum atomic E-state index is 13.9. The van der Waals surface area contributed by atoms with Gasteiger partial charge in [0.2, 0.25) is 5.89 Å². The molecule has 15 heteroatoms. The summed E-state index contributed by atoms with van der Waals surface area (Å²) in [5, 5.41) is 2.97. The summed E-state index contributed by atoms with van der Waals surface area (Å²) in [5.74, 6) is -2.62. The van der Waals surface area contributed by atoms with Gasteiger partial charge in [-0.15, -0.1) is 24.8 Å². The van der Waals surface area contributed by atoms with Crippen LogP contribution in [0.1, 0.15) is 64.1 Å². The summed E-state index contributed by atoms with van der Waals surface area (Å²) in [6, 6.07) is 11.1. The molecule has 272 valence electrons. The number of hydrogen-bond acceptors (Lipinski definition) is 7. The molecule has 0 saturated carbocycles. The Morgan fingerprint density at radius 3 is 2.20 bits per heavy atom. The zero-order valence-electron chi connectivity index (χ0n) is 27.3. The van der Waals surface area contributed by atoms with Gasteiger partial charge >= 0.3 is 12.1 Å². The average Bonchev–Trinajstić information content (AvgIpc) is 3.58.